The van der Waals surface area contributed by atoms with Crippen molar-refractivity contribution in [3.63, 3.8) is 0 Å². The Labute approximate surface area is 215 Å². The van der Waals surface area contributed by atoms with Gasteiger partial charge >= 0.3 is 0 Å². The van der Waals surface area contributed by atoms with Crippen molar-refractivity contribution < 1.29 is 14.4 Å². The van der Waals surface area contributed by atoms with Gasteiger partial charge in [0.15, 0.2) is 0 Å². The Bertz CT molecular complexity index is 1350. The number of halogens is 4. The number of hydrogen-bond donors (Lipinski definition) is 2. The van der Waals surface area contributed by atoms with Crippen LogP contribution >= 0.6 is 46.4 Å². The van der Waals surface area contributed by atoms with Crippen molar-refractivity contribution in [3.05, 3.63) is 97.6 Å². The van der Waals surface area contributed by atoms with Crippen LogP contribution in [-0.4, -0.2) is 17.7 Å². The molecule has 3 amide bonds. The van der Waals surface area contributed by atoms with Gasteiger partial charge in [0.05, 0.1) is 5.69 Å². The molecule has 0 atom stereocenters. The Morgan fingerprint density at radius 2 is 1.44 bits per heavy atom. The lowest BCUT2D eigenvalue weighted by molar-refractivity contribution is -0.120. The van der Waals surface area contributed by atoms with E-state index in [1.165, 1.54) is 6.07 Å². The Morgan fingerprint density at radius 3 is 2.06 bits per heavy atom. The molecule has 0 aliphatic carbocycles. The van der Waals surface area contributed by atoms with Gasteiger partial charge in [-0.15, -0.1) is 0 Å². The molecule has 0 radical (unpaired) electrons. The van der Waals surface area contributed by atoms with Crippen LogP contribution in [0.15, 0.2) is 71.4 Å². The summed E-state index contributed by atoms with van der Waals surface area (Å²) in [6.45, 7) is 1.81. The van der Waals surface area contributed by atoms with Crippen molar-refractivity contribution in [3.8, 4) is 0 Å². The standard InChI is InChI=1S/C24H15Cl4N3O3/c1-12-2-7-18(11-19(12)27)31-23(33)20(28)21(24(31)34)29-16-5-3-13(4-6-16)22(32)30-17-9-14(25)8-15(26)10-17/h2-11,29H,1H3,(H,30,32). The minimum Gasteiger partial charge on any atom is -0.350 e. The smallest absolute Gasteiger partial charge is 0.283 e. The second kappa shape index (κ2) is 9.68. The first-order chi connectivity index (χ1) is 16.1. The zero-order chi connectivity index (χ0) is 24.6. The predicted molar refractivity (Wildman–Crippen MR) is 136 cm³/mol. The lowest BCUT2D eigenvalue weighted by Gasteiger charge is -2.16. The molecule has 0 spiro atoms. The summed E-state index contributed by atoms with van der Waals surface area (Å²) in [6, 6.07) is 15.8. The summed E-state index contributed by atoms with van der Waals surface area (Å²) in [5.74, 6) is -1.66. The van der Waals surface area contributed by atoms with Crippen LogP contribution in [0.25, 0.3) is 0 Å². The normalized spacial score (nSPS) is 13.5. The topological polar surface area (TPSA) is 78.5 Å². The third-order valence-electron chi connectivity index (χ3n) is 4.98. The van der Waals surface area contributed by atoms with Gasteiger partial charge < -0.3 is 10.6 Å². The lowest BCUT2D eigenvalue weighted by atomic mass is 10.2. The third kappa shape index (κ3) is 4.91. The Morgan fingerprint density at radius 1 is 0.794 bits per heavy atom. The fourth-order valence-electron chi connectivity index (χ4n) is 3.25. The van der Waals surface area contributed by atoms with E-state index >= 15 is 0 Å². The summed E-state index contributed by atoms with van der Waals surface area (Å²) >= 11 is 24.2. The summed E-state index contributed by atoms with van der Waals surface area (Å²) in [4.78, 5) is 39.0. The number of rotatable bonds is 5. The van der Waals surface area contributed by atoms with Crippen molar-refractivity contribution in [2.45, 2.75) is 6.92 Å². The van der Waals surface area contributed by atoms with Crippen LogP contribution in [-0.2, 0) is 9.59 Å². The van der Waals surface area contributed by atoms with E-state index in [0.717, 1.165) is 10.5 Å². The zero-order valence-corrected chi connectivity index (χ0v) is 20.5. The number of carbonyl (C=O) groups is 3. The molecule has 0 saturated carbocycles. The van der Waals surface area contributed by atoms with E-state index in [-0.39, 0.29) is 16.6 Å². The summed E-state index contributed by atoms with van der Waals surface area (Å²) in [5.41, 5.74) is 2.31. The number of imide groups is 1. The van der Waals surface area contributed by atoms with Gasteiger partial charge in [-0.3, -0.25) is 14.4 Å². The molecule has 1 aliphatic heterocycles. The molecule has 172 valence electrons. The average molecular weight is 535 g/mol. The van der Waals surface area contributed by atoms with E-state index in [9.17, 15) is 14.4 Å². The van der Waals surface area contributed by atoms with Gasteiger partial charge in [0.25, 0.3) is 17.7 Å². The highest BCUT2D eigenvalue weighted by molar-refractivity contribution is 6.53. The molecule has 0 unspecified atom stereocenters. The first-order valence-corrected chi connectivity index (χ1v) is 11.3. The second-order valence-electron chi connectivity index (χ2n) is 7.38. The highest BCUT2D eigenvalue weighted by atomic mass is 35.5. The van der Waals surface area contributed by atoms with Crippen molar-refractivity contribution in [2.75, 3.05) is 15.5 Å². The number of anilines is 3. The molecule has 0 fully saturated rings. The molecule has 0 aromatic heterocycles. The van der Waals surface area contributed by atoms with E-state index in [1.54, 1.807) is 54.6 Å². The van der Waals surface area contributed by atoms with Gasteiger partial charge in [-0.2, -0.15) is 0 Å². The van der Waals surface area contributed by atoms with Crippen LogP contribution in [0.4, 0.5) is 17.1 Å². The van der Waals surface area contributed by atoms with Crippen LogP contribution < -0.4 is 15.5 Å². The summed E-state index contributed by atoms with van der Waals surface area (Å²) in [7, 11) is 0. The first kappa shape index (κ1) is 24.1. The maximum atomic E-state index is 12.9. The van der Waals surface area contributed by atoms with Crippen molar-refractivity contribution >= 4 is 81.2 Å². The molecule has 6 nitrogen and oxygen atoms in total. The van der Waals surface area contributed by atoms with E-state index in [4.69, 9.17) is 46.4 Å². The fourth-order valence-corrected chi connectivity index (χ4v) is 4.16. The van der Waals surface area contributed by atoms with Crippen LogP contribution in [0.5, 0.6) is 0 Å². The molecule has 4 rings (SSSR count). The Kier molecular flexibility index (Phi) is 6.86. The molecule has 34 heavy (non-hydrogen) atoms. The van der Waals surface area contributed by atoms with Crippen LogP contribution in [0.1, 0.15) is 15.9 Å². The number of aryl methyl sites for hydroxylation is 1. The SMILES string of the molecule is Cc1ccc(N2C(=O)C(Cl)=C(Nc3ccc(C(=O)Nc4cc(Cl)cc(Cl)c4)cc3)C2=O)cc1Cl. The summed E-state index contributed by atoms with van der Waals surface area (Å²) in [6.07, 6.45) is 0. The van der Waals surface area contributed by atoms with Crippen molar-refractivity contribution in [1.82, 2.24) is 0 Å². The van der Waals surface area contributed by atoms with Crippen molar-refractivity contribution in [2.24, 2.45) is 0 Å². The molecule has 0 saturated heterocycles. The summed E-state index contributed by atoms with van der Waals surface area (Å²) in [5, 5.41) is 6.53. The molecular weight excluding hydrogens is 520 g/mol. The molecule has 1 aliphatic rings. The second-order valence-corrected chi connectivity index (χ2v) is 9.04. The number of amides is 3. The number of nitrogens with one attached hydrogen (secondary N) is 2. The minimum absolute atomic E-state index is 0.0749. The van der Waals surface area contributed by atoms with Gasteiger partial charge in [-0.05, 0) is 67.1 Å². The molecule has 2 N–H and O–H groups in total. The maximum Gasteiger partial charge on any atom is 0.283 e. The maximum absolute atomic E-state index is 12.9. The van der Waals surface area contributed by atoms with Crippen LogP contribution in [0, 0.1) is 6.92 Å². The third-order valence-corrected chi connectivity index (χ3v) is 6.17. The predicted octanol–water partition coefficient (Wildman–Crippen LogP) is 6.64. The molecule has 3 aromatic carbocycles. The van der Waals surface area contributed by atoms with Gasteiger partial charge in [0.1, 0.15) is 10.7 Å². The average Bonchev–Trinajstić information content (AvgIpc) is 2.98. The minimum atomic E-state index is -0.662. The van der Waals surface area contributed by atoms with Crippen LogP contribution in [0.2, 0.25) is 15.1 Å². The van der Waals surface area contributed by atoms with Gasteiger partial charge in [0, 0.05) is 32.0 Å². The largest absolute Gasteiger partial charge is 0.350 e. The molecule has 10 heteroatoms. The van der Waals surface area contributed by atoms with Gasteiger partial charge in [0.2, 0.25) is 0 Å². The van der Waals surface area contributed by atoms with Crippen molar-refractivity contribution in [1.29, 1.82) is 0 Å². The number of hydrogen-bond acceptors (Lipinski definition) is 4. The van der Waals surface area contributed by atoms with Crippen LogP contribution in [0.3, 0.4) is 0 Å². The molecule has 0 bridgehead atoms. The molecular formula is C24H15Cl4N3O3. The van der Waals surface area contributed by atoms with E-state index < -0.39 is 11.8 Å². The summed E-state index contributed by atoms with van der Waals surface area (Å²) < 4.78 is 0. The van der Waals surface area contributed by atoms with Gasteiger partial charge in [-0.25, -0.2) is 4.90 Å². The fraction of sp³-hybridized carbons (Fsp3) is 0.0417. The number of benzene rings is 3. The highest BCUT2D eigenvalue weighted by Gasteiger charge is 2.39. The lowest BCUT2D eigenvalue weighted by Crippen LogP contribution is -2.32. The van der Waals surface area contributed by atoms with E-state index in [1.807, 2.05) is 6.92 Å². The number of nitrogens with zero attached hydrogens (tertiary/aromatic N) is 1. The van der Waals surface area contributed by atoms with E-state index in [2.05, 4.69) is 10.6 Å². The quantitative estimate of drug-likeness (QED) is 0.359. The van der Waals surface area contributed by atoms with Gasteiger partial charge in [-0.1, -0.05) is 52.5 Å². The Hall–Kier alpha value is -3.03. The monoisotopic (exact) mass is 533 g/mol. The molecule has 1 heterocycles. The number of carbonyl (C=O) groups excluding carboxylic acids is 3. The Balaban J connectivity index is 1.49. The highest BCUT2D eigenvalue weighted by Crippen LogP contribution is 2.32. The zero-order valence-electron chi connectivity index (χ0n) is 17.5. The first-order valence-electron chi connectivity index (χ1n) is 9.83. The molecule has 3 aromatic rings. The van der Waals surface area contributed by atoms with E-state index in [0.29, 0.717) is 37.7 Å².